The highest BCUT2D eigenvalue weighted by Crippen LogP contribution is 2.25. The van der Waals surface area contributed by atoms with Crippen LogP contribution in [0.15, 0.2) is 72.8 Å². The summed E-state index contributed by atoms with van der Waals surface area (Å²) in [5.41, 5.74) is 3.84. The van der Waals surface area contributed by atoms with E-state index in [0.717, 1.165) is 22.3 Å². The highest BCUT2D eigenvalue weighted by Gasteiger charge is 2.14. The van der Waals surface area contributed by atoms with Crippen molar-refractivity contribution in [3.05, 3.63) is 100 Å². The first-order chi connectivity index (χ1) is 16.3. The van der Waals surface area contributed by atoms with Crippen LogP contribution in [0.3, 0.4) is 0 Å². The van der Waals surface area contributed by atoms with Gasteiger partial charge in [0.15, 0.2) is 0 Å². The molecule has 0 bridgehead atoms. The maximum Gasteiger partial charge on any atom is 0.251 e. The monoisotopic (exact) mass is 472 g/mol. The summed E-state index contributed by atoms with van der Waals surface area (Å²) in [7, 11) is 0. The molecule has 5 nitrogen and oxygen atoms in total. The van der Waals surface area contributed by atoms with E-state index in [0.29, 0.717) is 35.9 Å². The van der Waals surface area contributed by atoms with Crippen molar-refractivity contribution < 1.29 is 4.79 Å². The van der Waals surface area contributed by atoms with Crippen molar-refractivity contribution in [2.24, 2.45) is 0 Å². The first kappa shape index (κ1) is 23.7. The Morgan fingerprint density at radius 1 is 0.912 bits per heavy atom. The number of nitrogens with zero attached hydrogens (tertiary/aromatic N) is 2. The molecule has 1 heterocycles. The second kappa shape index (κ2) is 10.2. The maximum atomic E-state index is 12.5. The van der Waals surface area contributed by atoms with Crippen LogP contribution in [0.1, 0.15) is 48.1 Å². The number of hydrogen-bond donors (Lipinski definition) is 2. The average molecular weight is 473 g/mol. The topological polar surface area (TPSA) is 66.9 Å². The van der Waals surface area contributed by atoms with Gasteiger partial charge in [0.1, 0.15) is 11.6 Å². The van der Waals surface area contributed by atoms with Crippen LogP contribution in [0.25, 0.3) is 10.9 Å². The van der Waals surface area contributed by atoms with E-state index in [4.69, 9.17) is 21.6 Å². The lowest BCUT2D eigenvalue weighted by molar-refractivity contribution is 0.0955. The fourth-order valence-corrected chi connectivity index (χ4v) is 3.89. The Balaban J connectivity index is 1.42. The number of halogens is 1. The number of hydrogen-bond acceptors (Lipinski definition) is 4. The molecule has 0 radical (unpaired) electrons. The molecule has 0 atom stereocenters. The molecule has 0 aliphatic carbocycles. The van der Waals surface area contributed by atoms with E-state index in [2.05, 4.69) is 43.5 Å². The smallest absolute Gasteiger partial charge is 0.251 e. The second-order valence-electron chi connectivity index (χ2n) is 9.32. The van der Waals surface area contributed by atoms with Crippen molar-refractivity contribution in [2.45, 2.75) is 32.6 Å². The molecule has 1 amide bonds. The maximum absolute atomic E-state index is 12.5. The quantitative estimate of drug-likeness (QED) is 0.323. The van der Waals surface area contributed by atoms with Gasteiger partial charge >= 0.3 is 0 Å². The van der Waals surface area contributed by atoms with Crippen molar-refractivity contribution >= 4 is 34.2 Å². The van der Waals surface area contributed by atoms with Gasteiger partial charge < -0.3 is 10.6 Å². The standard InChI is InChI=1S/C28H29ClN4O/c1-28(2,3)21-11-9-20(10-12-21)27(34)31-16-15-30-26-23-14-13-22(29)18-24(23)32-25(33-26)17-19-7-5-4-6-8-19/h4-14,18H,15-17H2,1-3H3,(H,31,34)(H,30,32,33). The molecule has 3 aromatic carbocycles. The van der Waals surface area contributed by atoms with Gasteiger partial charge in [0, 0.05) is 35.5 Å². The molecule has 0 aliphatic heterocycles. The molecule has 0 saturated carbocycles. The molecule has 0 saturated heterocycles. The molecular formula is C28H29ClN4O. The number of rotatable bonds is 7. The highest BCUT2D eigenvalue weighted by molar-refractivity contribution is 6.31. The molecule has 174 valence electrons. The first-order valence-corrected chi connectivity index (χ1v) is 11.8. The molecule has 0 aliphatic rings. The molecule has 2 N–H and O–H groups in total. The molecule has 4 rings (SSSR count). The first-order valence-electron chi connectivity index (χ1n) is 11.4. The van der Waals surface area contributed by atoms with E-state index in [1.165, 1.54) is 5.56 Å². The Hall–Kier alpha value is -3.44. The summed E-state index contributed by atoms with van der Waals surface area (Å²) in [4.78, 5) is 22.0. The van der Waals surface area contributed by atoms with Crippen LogP contribution in [0, 0.1) is 0 Å². The third-order valence-corrected chi connectivity index (χ3v) is 5.86. The van der Waals surface area contributed by atoms with Crippen molar-refractivity contribution in [2.75, 3.05) is 18.4 Å². The summed E-state index contributed by atoms with van der Waals surface area (Å²) in [5.74, 6) is 1.36. The summed E-state index contributed by atoms with van der Waals surface area (Å²) in [5, 5.41) is 7.86. The van der Waals surface area contributed by atoms with Gasteiger partial charge in [-0.3, -0.25) is 4.79 Å². The molecule has 0 fully saturated rings. The number of carbonyl (C=O) groups is 1. The van der Waals surface area contributed by atoms with Gasteiger partial charge in [0.2, 0.25) is 0 Å². The lowest BCUT2D eigenvalue weighted by Crippen LogP contribution is -2.29. The van der Waals surface area contributed by atoms with Gasteiger partial charge in [-0.2, -0.15) is 0 Å². The van der Waals surface area contributed by atoms with Crippen LogP contribution in [0.4, 0.5) is 5.82 Å². The fourth-order valence-electron chi connectivity index (χ4n) is 3.72. The van der Waals surface area contributed by atoms with Gasteiger partial charge in [-0.05, 0) is 46.9 Å². The van der Waals surface area contributed by atoms with Crippen LogP contribution >= 0.6 is 11.6 Å². The highest BCUT2D eigenvalue weighted by atomic mass is 35.5. The Morgan fingerprint density at radius 3 is 2.35 bits per heavy atom. The summed E-state index contributed by atoms with van der Waals surface area (Å²) in [6.07, 6.45) is 0.624. The number of amides is 1. The SMILES string of the molecule is CC(C)(C)c1ccc(C(=O)NCCNc2nc(Cc3ccccc3)nc3cc(Cl)ccc23)cc1. The average Bonchev–Trinajstić information content (AvgIpc) is 2.81. The molecule has 4 aromatic rings. The van der Waals surface area contributed by atoms with E-state index < -0.39 is 0 Å². The molecule has 0 spiro atoms. The van der Waals surface area contributed by atoms with Crippen molar-refractivity contribution in [1.82, 2.24) is 15.3 Å². The third kappa shape index (κ3) is 5.91. The van der Waals surface area contributed by atoms with Gasteiger partial charge in [-0.15, -0.1) is 0 Å². The van der Waals surface area contributed by atoms with Crippen LogP contribution in [0.5, 0.6) is 0 Å². The van der Waals surface area contributed by atoms with Gasteiger partial charge in [0.05, 0.1) is 5.52 Å². The van der Waals surface area contributed by atoms with Crippen LogP contribution in [0.2, 0.25) is 5.02 Å². The lowest BCUT2D eigenvalue weighted by atomic mass is 9.87. The van der Waals surface area contributed by atoms with E-state index in [-0.39, 0.29) is 11.3 Å². The van der Waals surface area contributed by atoms with Crippen molar-refractivity contribution in [3.8, 4) is 0 Å². The van der Waals surface area contributed by atoms with Gasteiger partial charge in [-0.25, -0.2) is 9.97 Å². The lowest BCUT2D eigenvalue weighted by Gasteiger charge is -2.19. The number of carbonyl (C=O) groups excluding carboxylic acids is 1. The number of anilines is 1. The predicted octanol–water partition coefficient (Wildman–Crippen LogP) is 6.01. The van der Waals surface area contributed by atoms with Crippen molar-refractivity contribution in [1.29, 1.82) is 0 Å². The van der Waals surface area contributed by atoms with Gasteiger partial charge in [0.25, 0.3) is 5.91 Å². The van der Waals surface area contributed by atoms with Gasteiger partial charge in [-0.1, -0.05) is 74.8 Å². The molecule has 6 heteroatoms. The minimum atomic E-state index is -0.0913. The largest absolute Gasteiger partial charge is 0.368 e. The minimum Gasteiger partial charge on any atom is -0.368 e. The summed E-state index contributed by atoms with van der Waals surface area (Å²) >= 11 is 6.21. The van der Waals surface area contributed by atoms with E-state index in [1.54, 1.807) is 0 Å². The van der Waals surface area contributed by atoms with E-state index in [9.17, 15) is 4.79 Å². The third-order valence-electron chi connectivity index (χ3n) is 5.63. The molecule has 1 aromatic heterocycles. The second-order valence-corrected chi connectivity index (χ2v) is 9.76. The normalized spacial score (nSPS) is 11.4. The summed E-state index contributed by atoms with van der Waals surface area (Å²) in [6, 6.07) is 23.5. The minimum absolute atomic E-state index is 0.0584. The number of aromatic nitrogens is 2. The predicted molar refractivity (Wildman–Crippen MR) is 140 cm³/mol. The summed E-state index contributed by atoms with van der Waals surface area (Å²) in [6.45, 7) is 7.47. The number of nitrogens with one attached hydrogen (secondary N) is 2. The molecular weight excluding hydrogens is 444 g/mol. The summed E-state index contributed by atoms with van der Waals surface area (Å²) < 4.78 is 0. The zero-order valence-electron chi connectivity index (χ0n) is 19.7. The van der Waals surface area contributed by atoms with Crippen LogP contribution < -0.4 is 10.6 Å². The van der Waals surface area contributed by atoms with E-state index in [1.807, 2.05) is 60.7 Å². The fraction of sp³-hybridized carbons (Fsp3) is 0.250. The Bertz CT molecular complexity index is 1280. The zero-order chi connectivity index (χ0) is 24.1. The Labute approximate surface area is 205 Å². The Kier molecular flexibility index (Phi) is 7.13. The van der Waals surface area contributed by atoms with Crippen LogP contribution in [-0.2, 0) is 11.8 Å². The van der Waals surface area contributed by atoms with Crippen LogP contribution in [-0.4, -0.2) is 29.0 Å². The zero-order valence-corrected chi connectivity index (χ0v) is 20.5. The Morgan fingerprint density at radius 2 is 1.65 bits per heavy atom. The van der Waals surface area contributed by atoms with E-state index >= 15 is 0 Å². The number of benzene rings is 3. The number of fused-ring (bicyclic) bond motifs is 1. The van der Waals surface area contributed by atoms with Crippen molar-refractivity contribution in [3.63, 3.8) is 0 Å². The molecule has 0 unspecified atom stereocenters. The molecule has 34 heavy (non-hydrogen) atoms.